The molecule has 1 fully saturated rings. The number of hydrogen-bond donors (Lipinski definition) is 2. The van der Waals surface area contributed by atoms with Gasteiger partial charge in [-0.05, 0) is 29.1 Å². The van der Waals surface area contributed by atoms with Crippen LogP contribution in [0.5, 0.6) is 0 Å². The molecule has 0 saturated carbocycles. The first kappa shape index (κ1) is 24.1. The highest BCUT2D eigenvalue weighted by atomic mass is 32.2. The van der Waals surface area contributed by atoms with Crippen LogP contribution in [0.4, 0.5) is 17.3 Å². The average Bonchev–Trinajstić information content (AvgIpc) is 3.26. The number of benzene rings is 1. The lowest BCUT2D eigenvalue weighted by atomic mass is 9.93. The molecule has 0 spiro atoms. The minimum atomic E-state index is -3.00. The van der Waals surface area contributed by atoms with Crippen LogP contribution in [0.1, 0.15) is 18.4 Å². The number of hydrogen-bond acceptors (Lipinski definition) is 9. The van der Waals surface area contributed by atoms with Gasteiger partial charge < -0.3 is 15.3 Å². The first-order chi connectivity index (χ1) is 17.2. The quantitative estimate of drug-likeness (QED) is 0.370. The van der Waals surface area contributed by atoms with Gasteiger partial charge in [-0.25, -0.2) is 23.4 Å². The molecule has 0 amide bonds. The predicted molar refractivity (Wildman–Crippen MR) is 140 cm³/mol. The van der Waals surface area contributed by atoms with Crippen molar-refractivity contribution in [3.05, 3.63) is 54.6 Å². The second kappa shape index (κ2) is 9.47. The number of nitrogens with zero attached hydrogens (tertiary/aromatic N) is 6. The Hall–Kier alpha value is -3.57. The number of aliphatic hydroxyl groups is 1. The van der Waals surface area contributed by atoms with Gasteiger partial charge in [0.15, 0.2) is 5.82 Å². The molecule has 0 radical (unpaired) electrons. The maximum absolute atomic E-state index is 11.7. The van der Waals surface area contributed by atoms with Gasteiger partial charge in [-0.3, -0.25) is 4.68 Å². The highest BCUT2D eigenvalue weighted by Crippen LogP contribution is 2.37. The molecule has 1 atom stereocenters. The summed E-state index contributed by atoms with van der Waals surface area (Å²) in [5, 5.41) is 19.3. The molecule has 4 aromatic rings. The van der Waals surface area contributed by atoms with Crippen LogP contribution in [0.15, 0.2) is 49.1 Å². The Balaban J connectivity index is 1.45. The summed E-state index contributed by atoms with van der Waals surface area (Å²) in [6.45, 7) is 3.39. The number of aliphatic hydroxyl groups excluding tert-OH is 1. The average molecular weight is 508 g/mol. The van der Waals surface area contributed by atoms with Gasteiger partial charge in [0.2, 0.25) is 0 Å². The fraction of sp³-hybridized carbons (Fsp3) is 0.360. The van der Waals surface area contributed by atoms with E-state index in [-0.39, 0.29) is 24.2 Å². The summed E-state index contributed by atoms with van der Waals surface area (Å²) in [4.78, 5) is 15.8. The Morgan fingerprint density at radius 1 is 1.14 bits per heavy atom. The molecule has 11 heteroatoms. The van der Waals surface area contributed by atoms with Crippen molar-refractivity contribution in [1.82, 2.24) is 24.7 Å². The Morgan fingerprint density at radius 2 is 1.94 bits per heavy atom. The Kier molecular flexibility index (Phi) is 6.35. The van der Waals surface area contributed by atoms with Gasteiger partial charge in [0.1, 0.15) is 21.5 Å². The first-order valence-electron chi connectivity index (χ1n) is 11.8. The SMILES string of the molecule is C[C@H](CO)c1ccc(N2CC(CS(C)(=O)=O)C2)c2cnc(Nc3ccnc(-c4cnn(C)c4)n3)cc12. The molecule has 3 aromatic heterocycles. The van der Waals surface area contributed by atoms with Crippen LogP contribution >= 0.6 is 0 Å². The van der Waals surface area contributed by atoms with Crippen molar-refractivity contribution in [2.24, 2.45) is 13.0 Å². The van der Waals surface area contributed by atoms with Crippen molar-refractivity contribution in [2.45, 2.75) is 12.8 Å². The number of nitrogens with one attached hydrogen (secondary N) is 1. The molecule has 2 N–H and O–H groups in total. The van der Waals surface area contributed by atoms with E-state index in [0.29, 0.717) is 30.5 Å². The lowest BCUT2D eigenvalue weighted by molar-refractivity contribution is 0.273. The largest absolute Gasteiger partial charge is 0.396 e. The van der Waals surface area contributed by atoms with E-state index < -0.39 is 9.84 Å². The summed E-state index contributed by atoms with van der Waals surface area (Å²) < 4.78 is 25.0. The van der Waals surface area contributed by atoms with Gasteiger partial charge in [0.25, 0.3) is 0 Å². The number of rotatable bonds is 8. The summed E-state index contributed by atoms with van der Waals surface area (Å²) in [5.74, 6) is 2.07. The molecule has 0 unspecified atom stereocenters. The van der Waals surface area contributed by atoms with E-state index in [4.69, 9.17) is 0 Å². The maximum Gasteiger partial charge on any atom is 0.164 e. The molecule has 36 heavy (non-hydrogen) atoms. The molecule has 1 aromatic carbocycles. The number of pyridine rings is 1. The normalized spacial score (nSPS) is 15.2. The maximum atomic E-state index is 11.7. The third-order valence-electron chi connectivity index (χ3n) is 6.43. The van der Waals surface area contributed by atoms with Gasteiger partial charge in [-0.15, -0.1) is 0 Å². The Bertz CT molecular complexity index is 1510. The lowest BCUT2D eigenvalue weighted by Gasteiger charge is -2.41. The van der Waals surface area contributed by atoms with Crippen LogP contribution in [-0.4, -0.2) is 70.0 Å². The number of aromatic nitrogens is 5. The van der Waals surface area contributed by atoms with Crippen molar-refractivity contribution in [1.29, 1.82) is 0 Å². The molecule has 0 aliphatic carbocycles. The molecular formula is C25H29N7O3S. The summed E-state index contributed by atoms with van der Waals surface area (Å²) >= 11 is 0. The van der Waals surface area contributed by atoms with Gasteiger partial charge in [0, 0.05) is 74.5 Å². The fourth-order valence-corrected chi connectivity index (χ4v) is 5.72. The zero-order valence-corrected chi connectivity index (χ0v) is 21.3. The van der Waals surface area contributed by atoms with Crippen LogP contribution in [0.3, 0.4) is 0 Å². The first-order valence-corrected chi connectivity index (χ1v) is 13.8. The van der Waals surface area contributed by atoms with Crippen LogP contribution in [0.25, 0.3) is 22.2 Å². The zero-order valence-electron chi connectivity index (χ0n) is 20.5. The third-order valence-corrected chi connectivity index (χ3v) is 7.50. The van der Waals surface area contributed by atoms with Crippen LogP contribution < -0.4 is 10.2 Å². The predicted octanol–water partition coefficient (Wildman–Crippen LogP) is 2.75. The fourth-order valence-electron chi connectivity index (χ4n) is 4.65. The molecule has 188 valence electrons. The summed E-state index contributed by atoms with van der Waals surface area (Å²) in [6, 6.07) is 7.83. The zero-order chi connectivity index (χ0) is 25.4. The molecule has 10 nitrogen and oxygen atoms in total. The van der Waals surface area contributed by atoms with E-state index in [1.807, 2.05) is 44.6 Å². The molecule has 1 saturated heterocycles. The van der Waals surface area contributed by atoms with Gasteiger partial charge in [-0.1, -0.05) is 13.0 Å². The highest BCUT2D eigenvalue weighted by Gasteiger charge is 2.31. The summed E-state index contributed by atoms with van der Waals surface area (Å²) in [7, 11) is -1.16. The van der Waals surface area contributed by atoms with E-state index in [0.717, 1.165) is 27.6 Å². The standard InChI is InChI=1S/C25H29N7O3S/c1-16(14-33)19-4-5-22(32-11-17(12-32)15-36(3,34)35)21-10-27-24(8-20(19)21)29-23-6-7-26-25(30-23)18-9-28-31(2)13-18/h4-10,13,16-17,33H,11-12,14-15H2,1-3H3,(H,26,27,29,30)/t16-/m1/s1. The van der Waals surface area contributed by atoms with Crippen molar-refractivity contribution in [2.75, 3.05) is 41.9 Å². The summed E-state index contributed by atoms with van der Waals surface area (Å²) in [6.07, 6.45) is 8.37. The van der Waals surface area contributed by atoms with E-state index in [9.17, 15) is 13.5 Å². The Morgan fingerprint density at radius 3 is 2.64 bits per heavy atom. The smallest absolute Gasteiger partial charge is 0.164 e. The van der Waals surface area contributed by atoms with Crippen LogP contribution in [0, 0.1) is 5.92 Å². The van der Waals surface area contributed by atoms with Crippen molar-refractivity contribution >= 4 is 37.9 Å². The van der Waals surface area contributed by atoms with E-state index in [1.54, 1.807) is 23.1 Å². The minimum Gasteiger partial charge on any atom is -0.396 e. The second-order valence-electron chi connectivity index (χ2n) is 9.53. The van der Waals surface area contributed by atoms with Crippen LogP contribution in [-0.2, 0) is 16.9 Å². The number of aryl methyl sites for hydroxylation is 1. The molecule has 1 aliphatic heterocycles. The molecule has 0 bridgehead atoms. The van der Waals surface area contributed by atoms with Crippen molar-refractivity contribution in [3.63, 3.8) is 0 Å². The molecule has 1 aliphatic rings. The van der Waals surface area contributed by atoms with E-state index >= 15 is 0 Å². The minimum absolute atomic E-state index is 0.0278. The van der Waals surface area contributed by atoms with Gasteiger partial charge >= 0.3 is 0 Å². The topological polar surface area (TPSA) is 126 Å². The number of sulfone groups is 1. The summed E-state index contributed by atoms with van der Waals surface area (Å²) in [5.41, 5.74) is 2.86. The van der Waals surface area contributed by atoms with Gasteiger partial charge in [-0.2, -0.15) is 5.10 Å². The van der Waals surface area contributed by atoms with Crippen LogP contribution in [0.2, 0.25) is 0 Å². The third kappa shape index (κ3) is 5.02. The second-order valence-corrected chi connectivity index (χ2v) is 11.7. The van der Waals surface area contributed by atoms with E-state index in [2.05, 4.69) is 30.3 Å². The molecule has 4 heterocycles. The monoisotopic (exact) mass is 507 g/mol. The molecule has 5 rings (SSSR count). The lowest BCUT2D eigenvalue weighted by Crippen LogP contribution is -2.49. The van der Waals surface area contributed by atoms with Gasteiger partial charge in [0.05, 0.1) is 17.5 Å². The van der Waals surface area contributed by atoms with E-state index in [1.165, 1.54) is 6.26 Å². The molecular weight excluding hydrogens is 478 g/mol. The van der Waals surface area contributed by atoms with Crippen molar-refractivity contribution < 1.29 is 13.5 Å². The number of fused-ring (bicyclic) bond motifs is 1. The highest BCUT2D eigenvalue weighted by molar-refractivity contribution is 7.90. The number of anilines is 3. The van der Waals surface area contributed by atoms with Crippen molar-refractivity contribution in [3.8, 4) is 11.4 Å². The Labute approximate surface area is 210 Å².